The standard InChI is InChI=1S/C19H18FNO5S/c20-13-5-3-12(4-6-13)17(23)15-16(14-2-1-11-27-14)21(19(25)18(15)24)7-9-26-10-8-22/h1-6,11,16,22-23H,7-10H2. The van der Waals surface area contributed by atoms with Crippen LogP contribution in [0, 0.1) is 5.82 Å². The number of hydrogen-bond donors (Lipinski definition) is 2. The molecular weight excluding hydrogens is 373 g/mol. The minimum absolute atomic E-state index is 0.0313. The second-order valence-corrected chi connectivity index (χ2v) is 6.83. The summed E-state index contributed by atoms with van der Waals surface area (Å²) < 4.78 is 18.4. The van der Waals surface area contributed by atoms with Gasteiger partial charge in [0.15, 0.2) is 0 Å². The van der Waals surface area contributed by atoms with E-state index in [1.165, 1.54) is 40.5 Å². The van der Waals surface area contributed by atoms with Gasteiger partial charge < -0.3 is 19.8 Å². The Bertz CT molecular complexity index is 847. The highest BCUT2D eigenvalue weighted by atomic mass is 32.1. The Morgan fingerprint density at radius 1 is 1.19 bits per heavy atom. The molecule has 0 spiro atoms. The number of aliphatic hydroxyl groups is 2. The van der Waals surface area contributed by atoms with Gasteiger partial charge >= 0.3 is 0 Å². The van der Waals surface area contributed by atoms with E-state index >= 15 is 0 Å². The van der Waals surface area contributed by atoms with Crippen molar-refractivity contribution in [3.8, 4) is 0 Å². The highest BCUT2D eigenvalue weighted by Gasteiger charge is 2.46. The fourth-order valence-corrected chi connectivity index (χ4v) is 3.79. The molecule has 1 unspecified atom stereocenters. The third-order valence-corrected chi connectivity index (χ3v) is 5.11. The molecule has 2 N–H and O–H groups in total. The summed E-state index contributed by atoms with van der Waals surface area (Å²) >= 11 is 1.36. The molecule has 1 aromatic heterocycles. The number of rotatable bonds is 7. The monoisotopic (exact) mass is 391 g/mol. The van der Waals surface area contributed by atoms with Gasteiger partial charge in [0.1, 0.15) is 11.6 Å². The van der Waals surface area contributed by atoms with Gasteiger partial charge in [-0.15, -0.1) is 11.3 Å². The average molecular weight is 391 g/mol. The van der Waals surface area contributed by atoms with Crippen molar-refractivity contribution in [3.63, 3.8) is 0 Å². The Hall–Kier alpha value is -2.55. The quantitative estimate of drug-likeness (QED) is 0.327. The van der Waals surface area contributed by atoms with Crippen LogP contribution >= 0.6 is 11.3 Å². The van der Waals surface area contributed by atoms with E-state index in [4.69, 9.17) is 9.84 Å². The zero-order chi connectivity index (χ0) is 19.4. The molecule has 0 bridgehead atoms. The predicted molar refractivity (Wildman–Crippen MR) is 97.6 cm³/mol. The van der Waals surface area contributed by atoms with Crippen molar-refractivity contribution >= 4 is 28.8 Å². The number of hydrogen-bond acceptors (Lipinski definition) is 6. The molecule has 2 aromatic rings. The second-order valence-electron chi connectivity index (χ2n) is 5.85. The topological polar surface area (TPSA) is 87.1 Å². The number of carbonyl (C=O) groups excluding carboxylic acids is 2. The normalized spacial score (nSPS) is 19.0. The fourth-order valence-electron chi connectivity index (χ4n) is 2.95. The molecule has 1 amide bonds. The molecule has 2 heterocycles. The van der Waals surface area contributed by atoms with E-state index in [-0.39, 0.29) is 43.3 Å². The Labute approximate surface area is 159 Å². The first kappa shape index (κ1) is 19.2. The Balaban J connectivity index is 2.00. The number of aliphatic hydroxyl groups excluding tert-OH is 2. The van der Waals surface area contributed by atoms with Crippen molar-refractivity contribution in [2.24, 2.45) is 0 Å². The largest absolute Gasteiger partial charge is 0.507 e. The number of nitrogens with zero attached hydrogens (tertiary/aromatic N) is 1. The molecule has 6 nitrogen and oxygen atoms in total. The van der Waals surface area contributed by atoms with Crippen LogP contribution in [0.1, 0.15) is 16.5 Å². The summed E-state index contributed by atoms with van der Waals surface area (Å²) in [6.07, 6.45) is 0. The molecule has 3 rings (SSSR count). The number of thiophene rings is 1. The van der Waals surface area contributed by atoms with Crippen LogP contribution in [0.15, 0.2) is 47.4 Å². The minimum Gasteiger partial charge on any atom is -0.507 e. The minimum atomic E-state index is -0.794. The van der Waals surface area contributed by atoms with Gasteiger partial charge in [-0.1, -0.05) is 6.07 Å². The Kier molecular flexibility index (Phi) is 6.00. The van der Waals surface area contributed by atoms with Gasteiger partial charge in [-0.3, -0.25) is 9.59 Å². The molecule has 0 aliphatic carbocycles. The van der Waals surface area contributed by atoms with Crippen LogP contribution in [-0.2, 0) is 14.3 Å². The summed E-state index contributed by atoms with van der Waals surface area (Å²) in [5, 5.41) is 21.3. The van der Waals surface area contributed by atoms with Crippen molar-refractivity contribution in [2.45, 2.75) is 6.04 Å². The van der Waals surface area contributed by atoms with E-state index in [2.05, 4.69) is 0 Å². The molecule has 1 aliphatic rings. The average Bonchev–Trinajstić information content (AvgIpc) is 3.27. The lowest BCUT2D eigenvalue weighted by molar-refractivity contribution is -0.140. The van der Waals surface area contributed by atoms with Gasteiger partial charge in [0.05, 0.1) is 31.4 Å². The van der Waals surface area contributed by atoms with E-state index in [1.54, 1.807) is 12.1 Å². The number of ether oxygens (including phenoxy) is 1. The Morgan fingerprint density at radius 2 is 1.93 bits per heavy atom. The van der Waals surface area contributed by atoms with E-state index in [1.807, 2.05) is 5.38 Å². The lowest BCUT2D eigenvalue weighted by Crippen LogP contribution is -2.32. The zero-order valence-corrected chi connectivity index (χ0v) is 15.1. The van der Waals surface area contributed by atoms with Crippen LogP contribution in [0.3, 0.4) is 0 Å². The molecule has 27 heavy (non-hydrogen) atoms. The molecule has 0 radical (unpaired) electrons. The number of likely N-dealkylation sites (tertiary alicyclic amines) is 1. The maximum absolute atomic E-state index is 13.2. The van der Waals surface area contributed by atoms with Crippen LogP contribution < -0.4 is 0 Å². The molecule has 1 aromatic carbocycles. The first-order valence-corrected chi connectivity index (χ1v) is 9.19. The molecule has 8 heteroatoms. The summed E-state index contributed by atoms with van der Waals surface area (Å²) in [4.78, 5) is 27.2. The lowest BCUT2D eigenvalue weighted by Gasteiger charge is -2.23. The molecule has 142 valence electrons. The number of ketones is 1. The number of halogens is 1. The van der Waals surface area contributed by atoms with Crippen molar-refractivity contribution in [2.75, 3.05) is 26.4 Å². The summed E-state index contributed by atoms with van der Waals surface area (Å²) in [7, 11) is 0. The third-order valence-electron chi connectivity index (χ3n) is 4.18. The van der Waals surface area contributed by atoms with E-state index in [9.17, 15) is 19.1 Å². The van der Waals surface area contributed by atoms with Gasteiger partial charge in [0.2, 0.25) is 0 Å². The first-order valence-electron chi connectivity index (χ1n) is 8.31. The van der Waals surface area contributed by atoms with Crippen LogP contribution in [0.5, 0.6) is 0 Å². The highest BCUT2D eigenvalue weighted by Crippen LogP contribution is 2.40. The Morgan fingerprint density at radius 3 is 2.56 bits per heavy atom. The first-order chi connectivity index (χ1) is 13.0. The van der Waals surface area contributed by atoms with Gasteiger partial charge in [0, 0.05) is 17.0 Å². The van der Waals surface area contributed by atoms with Gasteiger partial charge in [-0.05, 0) is 35.7 Å². The second kappa shape index (κ2) is 8.43. The summed E-state index contributed by atoms with van der Waals surface area (Å²) in [5.74, 6) is -2.34. The number of amides is 1. The highest BCUT2D eigenvalue weighted by molar-refractivity contribution is 7.10. The number of carbonyl (C=O) groups is 2. The van der Waals surface area contributed by atoms with Crippen molar-refractivity contribution in [3.05, 3.63) is 63.6 Å². The molecule has 1 saturated heterocycles. The SMILES string of the molecule is O=C1C(=O)N(CCOCCO)C(c2cccs2)C1=C(O)c1ccc(F)cc1. The van der Waals surface area contributed by atoms with E-state index in [0.717, 1.165) is 4.88 Å². The smallest absolute Gasteiger partial charge is 0.295 e. The fraction of sp³-hybridized carbons (Fsp3) is 0.263. The van der Waals surface area contributed by atoms with Crippen LogP contribution in [-0.4, -0.2) is 53.2 Å². The molecular formula is C19H18FNO5S. The molecule has 1 fully saturated rings. The summed E-state index contributed by atoms with van der Waals surface area (Å²) in [5.41, 5.74) is 0.226. The molecule has 0 saturated carbocycles. The lowest BCUT2D eigenvalue weighted by atomic mass is 10.00. The molecule has 1 aliphatic heterocycles. The van der Waals surface area contributed by atoms with Crippen molar-refractivity contribution in [1.29, 1.82) is 0 Å². The van der Waals surface area contributed by atoms with Crippen molar-refractivity contribution in [1.82, 2.24) is 4.90 Å². The maximum atomic E-state index is 13.2. The third kappa shape index (κ3) is 3.92. The van der Waals surface area contributed by atoms with Gasteiger partial charge in [-0.25, -0.2) is 4.39 Å². The van der Waals surface area contributed by atoms with E-state index < -0.39 is 23.5 Å². The van der Waals surface area contributed by atoms with Crippen LogP contribution in [0.25, 0.3) is 5.76 Å². The predicted octanol–water partition coefficient (Wildman–Crippen LogP) is 2.32. The van der Waals surface area contributed by atoms with Gasteiger partial charge in [0.25, 0.3) is 11.7 Å². The number of benzene rings is 1. The molecule has 1 atom stereocenters. The summed E-state index contributed by atoms with van der Waals surface area (Å²) in [6.45, 7) is 0.264. The van der Waals surface area contributed by atoms with E-state index in [0.29, 0.717) is 0 Å². The summed E-state index contributed by atoms with van der Waals surface area (Å²) in [6, 6.07) is 7.89. The number of Topliss-reactive ketones (excluding diaryl/α,β-unsaturated/α-hetero) is 1. The van der Waals surface area contributed by atoms with Crippen molar-refractivity contribution < 1.29 is 28.9 Å². The van der Waals surface area contributed by atoms with Gasteiger partial charge in [-0.2, -0.15) is 0 Å². The van der Waals surface area contributed by atoms with Crippen LogP contribution in [0.4, 0.5) is 4.39 Å². The maximum Gasteiger partial charge on any atom is 0.295 e. The van der Waals surface area contributed by atoms with Crippen LogP contribution in [0.2, 0.25) is 0 Å². The zero-order valence-electron chi connectivity index (χ0n) is 14.3.